The Morgan fingerprint density at radius 1 is 1.00 bits per heavy atom. The fourth-order valence-corrected chi connectivity index (χ4v) is 5.10. The smallest absolute Gasteiger partial charge is 0.410 e. The van der Waals surface area contributed by atoms with E-state index in [1.165, 1.54) is 36.9 Å². The van der Waals surface area contributed by atoms with Gasteiger partial charge in [0, 0.05) is 25.2 Å². The lowest BCUT2D eigenvalue weighted by Crippen LogP contribution is -2.50. The average molecular weight is 590 g/mol. The van der Waals surface area contributed by atoms with Crippen LogP contribution in [0.15, 0.2) is 59.4 Å². The Bertz CT molecular complexity index is 1400. The fourth-order valence-electron chi connectivity index (χ4n) is 5.10. The number of ether oxygens (including phenoxy) is 2. The van der Waals surface area contributed by atoms with Crippen LogP contribution in [-0.2, 0) is 4.74 Å². The second kappa shape index (κ2) is 12.8. The van der Waals surface area contributed by atoms with Crippen LogP contribution in [0.25, 0.3) is 0 Å². The lowest BCUT2D eigenvalue weighted by Gasteiger charge is -2.34. The van der Waals surface area contributed by atoms with Gasteiger partial charge < -0.3 is 29.5 Å². The maximum Gasteiger partial charge on any atom is 0.410 e. The predicted molar refractivity (Wildman–Crippen MR) is 158 cm³/mol. The van der Waals surface area contributed by atoms with Crippen LogP contribution in [0.2, 0.25) is 0 Å². The molecule has 0 spiro atoms. The molecule has 0 bridgehead atoms. The van der Waals surface area contributed by atoms with Crippen molar-refractivity contribution in [3.05, 3.63) is 77.4 Å². The largest absolute Gasteiger partial charge is 0.482 e. The van der Waals surface area contributed by atoms with Gasteiger partial charge in [-0.3, -0.25) is 9.59 Å². The van der Waals surface area contributed by atoms with Crippen LogP contribution >= 0.6 is 0 Å². The number of benzene rings is 1. The Labute approximate surface area is 251 Å². The van der Waals surface area contributed by atoms with Crippen LogP contribution in [0.1, 0.15) is 97.5 Å². The van der Waals surface area contributed by atoms with Crippen LogP contribution in [0.5, 0.6) is 5.75 Å². The standard InChI is InChI=1S/C32H39N5O6/c1-20(34-30(39)27-15-17-41-36-27)28(23-11-9-22(10-12-23)21-7-8-21)42-25-13-14-26(33-18-25)29(38)35-24-6-5-16-37(19-24)31(40)43-32(2,3)4/h9-15,17-18,20-21,24,28H,5-8,16,19H2,1-4H3,(H,34,39)(H,35,38)/t20?,24-,28?/m0/s1. The highest BCUT2D eigenvalue weighted by Crippen LogP contribution is 2.40. The van der Waals surface area contributed by atoms with Gasteiger partial charge in [-0.1, -0.05) is 29.4 Å². The van der Waals surface area contributed by atoms with Crippen LogP contribution in [0.3, 0.4) is 0 Å². The van der Waals surface area contributed by atoms with E-state index in [4.69, 9.17) is 14.0 Å². The Kier molecular flexibility index (Phi) is 8.98. The monoisotopic (exact) mass is 589 g/mol. The average Bonchev–Trinajstić information content (AvgIpc) is 3.68. The quantitative estimate of drug-likeness (QED) is 0.355. The number of piperidine rings is 1. The van der Waals surface area contributed by atoms with Crippen molar-refractivity contribution in [1.29, 1.82) is 0 Å². The van der Waals surface area contributed by atoms with Crippen molar-refractivity contribution >= 4 is 17.9 Å². The maximum absolute atomic E-state index is 13.0. The fraction of sp³-hybridized carbons (Fsp3) is 0.469. The molecule has 228 valence electrons. The van der Waals surface area contributed by atoms with E-state index in [-0.39, 0.29) is 35.3 Å². The van der Waals surface area contributed by atoms with Gasteiger partial charge in [0.2, 0.25) is 0 Å². The summed E-state index contributed by atoms with van der Waals surface area (Å²) in [6, 6.07) is 12.4. The SMILES string of the molecule is CC(NC(=O)c1ccon1)C(Oc1ccc(C(=O)N[C@H]2CCCN(C(=O)OC(C)(C)C)C2)nc1)c1ccc(C2CC2)cc1. The van der Waals surface area contributed by atoms with Gasteiger partial charge in [-0.15, -0.1) is 0 Å². The molecule has 2 fully saturated rings. The molecule has 1 saturated heterocycles. The first-order chi connectivity index (χ1) is 20.6. The first-order valence-corrected chi connectivity index (χ1v) is 14.8. The van der Waals surface area contributed by atoms with E-state index in [0.717, 1.165) is 18.4 Å². The van der Waals surface area contributed by atoms with Crippen LogP contribution < -0.4 is 15.4 Å². The lowest BCUT2D eigenvalue weighted by molar-refractivity contribution is 0.0185. The molecule has 1 aromatic carbocycles. The summed E-state index contributed by atoms with van der Waals surface area (Å²) in [6.45, 7) is 8.31. The number of pyridine rings is 1. The first kappa shape index (κ1) is 30.1. The Balaban J connectivity index is 1.23. The molecule has 2 aromatic heterocycles. The highest BCUT2D eigenvalue weighted by molar-refractivity contribution is 5.93. The third-order valence-electron chi connectivity index (χ3n) is 7.44. The zero-order valence-electron chi connectivity index (χ0n) is 25.0. The zero-order valence-corrected chi connectivity index (χ0v) is 25.0. The predicted octanol–water partition coefficient (Wildman–Crippen LogP) is 5.01. The molecule has 2 unspecified atom stereocenters. The molecule has 11 heteroatoms. The van der Waals surface area contributed by atoms with Crippen LogP contribution in [-0.4, -0.2) is 63.7 Å². The normalized spacial score (nSPS) is 18.3. The van der Waals surface area contributed by atoms with Gasteiger partial charge in [0.25, 0.3) is 11.8 Å². The second-order valence-corrected chi connectivity index (χ2v) is 12.2. The van der Waals surface area contributed by atoms with E-state index in [9.17, 15) is 14.4 Å². The molecule has 1 aliphatic heterocycles. The highest BCUT2D eigenvalue weighted by Gasteiger charge is 2.30. The number of carbonyl (C=O) groups is 3. The number of nitrogens with one attached hydrogen (secondary N) is 2. The van der Waals surface area contributed by atoms with Gasteiger partial charge >= 0.3 is 6.09 Å². The van der Waals surface area contributed by atoms with Gasteiger partial charge in [0.05, 0.1) is 12.2 Å². The van der Waals surface area contributed by atoms with Crippen molar-refractivity contribution in [2.75, 3.05) is 13.1 Å². The van der Waals surface area contributed by atoms with Gasteiger partial charge in [0.1, 0.15) is 29.4 Å². The third kappa shape index (κ3) is 8.12. The summed E-state index contributed by atoms with van der Waals surface area (Å²) in [5, 5.41) is 9.65. The first-order valence-electron chi connectivity index (χ1n) is 14.8. The molecule has 1 saturated carbocycles. The molecule has 43 heavy (non-hydrogen) atoms. The minimum absolute atomic E-state index is 0.180. The van der Waals surface area contributed by atoms with E-state index in [1.807, 2.05) is 39.8 Å². The van der Waals surface area contributed by atoms with E-state index in [1.54, 1.807) is 17.0 Å². The van der Waals surface area contributed by atoms with Crippen molar-refractivity contribution in [1.82, 2.24) is 25.7 Å². The van der Waals surface area contributed by atoms with Gasteiger partial charge in [0.15, 0.2) is 5.69 Å². The van der Waals surface area contributed by atoms with Gasteiger partial charge in [-0.25, -0.2) is 9.78 Å². The minimum atomic E-state index is -0.583. The second-order valence-electron chi connectivity index (χ2n) is 12.2. The summed E-state index contributed by atoms with van der Waals surface area (Å²) >= 11 is 0. The van der Waals surface area contributed by atoms with E-state index < -0.39 is 17.7 Å². The van der Waals surface area contributed by atoms with Gasteiger partial charge in [-0.05, 0) is 82.6 Å². The number of hydrogen-bond donors (Lipinski definition) is 2. The number of carbonyl (C=O) groups excluding carboxylic acids is 3. The molecule has 3 heterocycles. The van der Waals surface area contributed by atoms with E-state index in [0.29, 0.717) is 24.8 Å². The summed E-state index contributed by atoms with van der Waals surface area (Å²) in [6.07, 6.45) is 5.86. The molecule has 3 aromatic rings. The van der Waals surface area contributed by atoms with Crippen LogP contribution in [0.4, 0.5) is 4.79 Å². The van der Waals surface area contributed by atoms with Crippen molar-refractivity contribution < 1.29 is 28.4 Å². The number of likely N-dealkylation sites (tertiary alicyclic amines) is 1. The van der Waals surface area contributed by atoms with Crippen molar-refractivity contribution in [3.8, 4) is 5.75 Å². The number of aromatic nitrogens is 2. The molecule has 2 N–H and O–H groups in total. The van der Waals surface area contributed by atoms with E-state index in [2.05, 4.69) is 32.9 Å². The molecule has 1 aliphatic carbocycles. The topological polar surface area (TPSA) is 136 Å². The summed E-state index contributed by atoms with van der Waals surface area (Å²) in [7, 11) is 0. The minimum Gasteiger partial charge on any atom is -0.482 e. The molecule has 2 aliphatic rings. The molecule has 0 radical (unpaired) electrons. The molecule has 11 nitrogen and oxygen atoms in total. The summed E-state index contributed by atoms with van der Waals surface area (Å²) in [5.41, 5.74) is 2.02. The van der Waals surface area contributed by atoms with E-state index >= 15 is 0 Å². The number of rotatable bonds is 9. The summed E-state index contributed by atoms with van der Waals surface area (Å²) in [4.78, 5) is 44.2. The summed E-state index contributed by atoms with van der Waals surface area (Å²) < 4.78 is 16.6. The van der Waals surface area contributed by atoms with Crippen molar-refractivity contribution in [3.63, 3.8) is 0 Å². The van der Waals surface area contributed by atoms with Crippen LogP contribution in [0, 0.1) is 0 Å². The van der Waals surface area contributed by atoms with Crippen molar-refractivity contribution in [2.45, 2.75) is 83.1 Å². The lowest BCUT2D eigenvalue weighted by atomic mass is 10.00. The maximum atomic E-state index is 13.0. The zero-order chi connectivity index (χ0) is 30.6. The Morgan fingerprint density at radius 2 is 1.77 bits per heavy atom. The number of nitrogens with zero attached hydrogens (tertiary/aromatic N) is 3. The molecule has 3 atom stereocenters. The number of amides is 3. The molecular formula is C32H39N5O6. The third-order valence-corrected chi connectivity index (χ3v) is 7.44. The Morgan fingerprint density at radius 3 is 2.40 bits per heavy atom. The molecule has 5 rings (SSSR count). The molecule has 3 amide bonds. The highest BCUT2D eigenvalue weighted by atomic mass is 16.6. The van der Waals surface area contributed by atoms with Crippen molar-refractivity contribution in [2.24, 2.45) is 0 Å². The Hall–Kier alpha value is -4.41. The number of hydrogen-bond acceptors (Lipinski definition) is 8. The summed E-state index contributed by atoms with van der Waals surface area (Å²) in [5.74, 6) is 0.365. The van der Waals surface area contributed by atoms with Gasteiger partial charge in [-0.2, -0.15) is 0 Å². The molecular weight excluding hydrogens is 550 g/mol.